The molecule has 0 aliphatic carbocycles. The first kappa shape index (κ1) is 16.3. The Morgan fingerprint density at radius 2 is 1.80 bits per heavy atom. The molecule has 0 saturated carbocycles. The monoisotopic (exact) mass is 290 g/mol. The highest BCUT2D eigenvalue weighted by Crippen LogP contribution is 2.20. The third-order valence-electron chi connectivity index (χ3n) is 2.28. The summed E-state index contributed by atoms with van der Waals surface area (Å²) in [5.74, 6) is -3.22. The zero-order valence-electron chi connectivity index (χ0n) is 11.5. The lowest BCUT2D eigenvalue weighted by atomic mass is 10.1. The van der Waals surface area contributed by atoms with Gasteiger partial charge in [0.05, 0.1) is 6.04 Å². The van der Waals surface area contributed by atoms with Crippen molar-refractivity contribution in [1.82, 2.24) is 5.32 Å². The zero-order chi connectivity index (χ0) is 15.5. The third-order valence-corrected chi connectivity index (χ3v) is 2.28. The minimum absolute atomic E-state index is 0.242. The third kappa shape index (κ3) is 4.73. The molecule has 0 saturated heterocycles. The fraction of sp³-hybridized carbons (Fsp3) is 0.462. The van der Waals surface area contributed by atoms with Crippen LogP contribution in [0.3, 0.4) is 0 Å². The van der Waals surface area contributed by atoms with Crippen molar-refractivity contribution in [1.29, 1.82) is 0 Å². The van der Waals surface area contributed by atoms with Gasteiger partial charge < -0.3 is 15.8 Å². The number of benzene rings is 1. The van der Waals surface area contributed by atoms with E-state index in [1.165, 1.54) is 0 Å². The molecule has 7 heteroatoms. The molecule has 0 fully saturated rings. The van der Waals surface area contributed by atoms with E-state index in [0.29, 0.717) is 12.1 Å². The fourth-order valence-electron chi connectivity index (χ4n) is 1.52. The molecule has 3 N–H and O–H groups in total. The molecule has 0 heterocycles. The summed E-state index contributed by atoms with van der Waals surface area (Å²) in [5, 5.41) is 2.29. The Hall–Kier alpha value is -1.76. The first-order chi connectivity index (χ1) is 9.10. The number of carbonyl (C=O) groups excluding carboxylic acids is 1. The SMILES string of the molecule is CC(C)(C)OC(=O)NCC(N)c1c(F)cc(F)cc1F. The highest BCUT2D eigenvalue weighted by atomic mass is 19.1. The van der Waals surface area contributed by atoms with Crippen LogP contribution in [-0.2, 0) is 4.74 Å². The second-order valence-corrected chi connectivity index (χ2v) is 5.27. The Morgan fingerprint density at radius 1 is 1.30 bits per heavy atom. The van der Waals surface area contributed by atoms with Gasteiger partial charge in [-0.25, -0.2) is 18.0 Å². The summed E-state index contributed by atoms with van der Waals surface area (Å²) in [6, 6.07) is -0.0829. The second-order valence-electron chi connectivity index (χ2n) is 5.27. The van der Waals surface area contributed by atoms with E-state index >= 15 is 0 Å². The topological polar surface area (TPSA) is 64.3 Å². The van der Waals surface area contributed by atoms with Crippen LogP contribution in [0.15, 0.2) is 12.1 Å². The molecule has 0 aliphatic heterocycles. The number of halogens is 3. The molecule has 0 bridgehead atoms. The number of amides is 1. The van der Waals surface area contributed by atoms with E-state index in [-0.39, 0.29) is 6.54 Å². The number of rotatable bonds is 3. The maximum absolute atomic E-state index is 13.5. The van der Waals surface area contributed by atoms with Gasteiger partial charge in [-0.1, -0.05) is 0 Å². The van der Waals surface area contributed by atoms with E-state index in [0.717, 1.165) is 0 Å². The van der Waals surface area contributed by atoms with Gasteiger partial charge in [-0.05, 0) is 20.8 Å². The van der Waals surface area contributed by atoms with Gasteiger partial charge in [0.2, 0.25) is 0 Å². The van der Waals surface area contributed by atoms with Gasteiger partial charge in [-0.2, -0.15) is 0 Å². The van der Waals surface area contributed by atoms with Gasteiger partial charge in [0.25, 0.3) is 0 Å². The number of nitrogens with one attached hydrogen (secondary N) is 1. The Bertz CT molecular complexity index is 478. The van der Waals surface area contributed by atoms with Crippen LogP contribution in [0.4, 0.5) is 18.0 Å². The Kier molecular flexibility index (Phi) is 4.99. The largest absolute Gasteiger partial charge is 0.444 e. The van der Waals surface area contributed by atoms with E-state index in [9.17, 15) is 18.0 Å². The minimum atomic E-state index is -1.15. The standard InChI is InChI=1S/C13H17F3N2O2/c1-13(2,3)20-12(19)18-6-10(17)11-8(15)4-7(14)5-9(11)16/h4-5,10H,6,17H2,1-3H3,(H,18,19). The number of ether oxygens (including phenoxy) is 1. The summed E-state index contributed by atoms with van der Waals surface area (Å²) in [7, 11) is 0. The van der Waals surface area contributed by atoms with Crippen molar-refractivity contribution < 1.29 is 22.7 Å². The van der Waals surface area contributed by atoms with E-state index in [1.54, 1.807) is 20.8 Å². The maximum Gasteiger partial charge on any atom is 0.407 e. The van der Waals surface area contributed by atoms with E-state index < -0.39 is 40.8 Å². The molecule has 112 valence electrons. The molecule has 1 unspecified atom stereocenters. The van der Waals surface area contributed by atoms with Crippen molar-refractivity contribution in [3.8, 4) is 0 Å². The van der Waals surface area contributed by atoms with E-state index in [2.05, 4.69) is 5.32 Å². The number of hydrogen-bond donors (Lipinski definition) is 2. The van der Waals surface area contributed by atoms with Crippen molar-refractivity contribution in [2.45, 2.75) is 32.4 Å². The van der Waals surface area contributed by atoms with Gasteiger partial charge in [0.15, 0.2) is 0 Å². The van der Waals surface area contributed by atoms with Gasteiger partial charge in [-0.15, -0.1) is 0 Å². The van der Waals surface area contributed by atoms with Crippen LogP contribution in [0.5, 0.6) is 0 Å². The molecule has 0 aliphatic rings. The molecule has 1 rings (SSSR count). The lowest BCUT2D eigenvalue weighted by Crippen LogP contribution is -2.37. The maximum atomic E-state index is 13.5. The predicted octanol–water partition coefficient (Wildman–Crippen LogP) is 2.63. The van der Waals surface area contributed by atoms with Crippen LogP contribution in [0.2, 0.25) is 0 Å². The van der Waals surface area contributed by atoms with Crippen LogP contribution in [0, 0.1) is 17.5 Å². The fourth-order valence-corrected chi connectivity index (χ4v) is 1.52. The average molecular weight is 290 g/mol. The van der Waals surface area contributed by atoms with Crippen molar-refractivity contribution >= 4 is 6.09 Å². The number of nitrogens with two attached hydrogens (primary N) is 1. The molecule has 0 radical (unpaired) electrons. The van der Waals surface area contributed by atoms with Crippen LogP contribution >= 0.6 is 0 Å². The first-order valence-corrected chi connectivity index (χ1v) is 5.97. The Morgan fingerprint density at radius 3 is 2.25 bits per heavy atom. The molecule has 1 aromatic carbocycles. The summed E-state index contributed by atoms with van der Waals surface area (Å²) in [5.41, 5.74) is 4.41. The summed E-state index contributed by atoms with van der Waals surface area (Å²) >= 11 is 0. The minimum Gasteiger partial charge on any atom is -0.444 e. The summed E-state index contributed by atoms with van der Waals surface area (Å²) in [4.78, 5) is 11.4. The van der Waals surface area contributed by atoms with Crippen molar-refractivity contribution in [3.05, 3.63) is 35.1 Å². The van der Waals surface area contributed by atoms with E-state index in [1.807, 2.05) is 0 Å². The quantitative estimate of drug-likeness (QED) is 0.899. The molecule has 1 aromatic rings. The van der Waals surface area contributed by atoms with Gasteiger partial charge in [0.1, 0.15) is 23.1 Å². The van der Waals surface area contributed by atoms with Crippen LogP contribution in [-0.4, -0.2) is 18.2 Å². The summed E-state index contributed by atoms with van der Waals surface area (Å²) in [6.07, 6.45) is -0.754. The highest BCUT2D eigenvalue weighted by Gasteiger charge is 2.21. The van der Waals surface area contributed by atoms with Crippen LogP contribution < -0.4 is 11.1 Å². The van der Waals surface area contributed by atoms with Gasteiger partial charge in [-0.3, -0.25) is 0 Å². The predicted molar refractivity (Wildman–Crippen MR) is 67.5 cm³/mol. The average Bonchev–Trinajstić information content (AvgIpc) is 2.22. The lowest BCUT2D eigenvalue weighted by molar-refractivity contribution is 0.0524. The number of hydrogen-bond acceptors (Lipinski definition) is 3. The molecule has 0 spiro atoms. The first-order valence-electron chi connectivity index (χ1n) is 5.97. The number of alkyl carbamates (subject to hydrolysis) is 1. The van der Waals surface area contributed by atoms with Crippen LogP contribution in [0.25, 0.3) is 0 Å². The molecule has 1 atom stereocenters. The lowest BCUT2D eigenvalue weighted by Gasteiger charge is -2.21. The normalized spacial score (nSPS) is 12.9. The molecule has 1 amide bonds. The highest BCUT2D eigenvalue weighted by molar-refractivity contribution is 5.67. The smallest absolute Gasteiger partial charge is 0.407 e. The Labute approximate surface area is 115 Å². The van der Waals surface area contributed by atoms with Crippen molar-refractivity contribution in [3.63, 3.8) is 0 Å². The van der Waals surface area contributed by atoms with Gasteiger partial charge >= 0.3 is 6.09 Å². The Balaban J connectivity index is 2.69. The molecule has 0 aromatic heterocycles. The van der Waals surface area contributed by atoms with Crippen molar-refractivity contribution in [2.24, 2.45) is 5.73 Å². The zero-order valence-corrected chi connectivity index (χ0v) is 11.5. The van der Waals surface area contributed by atoms with E-state index in [4.69, 9.17) is 10.5 Å². The molecule has 20 heavy (non-hydrogen) atoms. The second kappa shape index (κ2) is 6.13. The van der Waals surface area contributed by atoms with Crippen LogP contribution in [0.1, 0.15) is 32.4 Å². The summed E-state index contributed by atoms with van der Waals surface area (Å²) < 4.78 is 44.6. The number of carbonyl (C=O) groups is 1. The van der Waals surface area contributed by atoms with Gasteiger partial charge in [0, 0.05) is 24.2 Å². The molecular weight excluding hydrogens is 273 g/mol. The molecular formula is C13H17F3N2O2. The summed E-state index contributed by atoms with van der Waals surface area (Å²) in [6.45, 7) is 4.78. The molecule has 4 nitrogen and oxygen atoms in total. The van der Waals surface area contributed by atoms with Crippen molar-refractivity contribution in [2.75, 3.05) is 6.54 Å².